The van der Waals surface area contributed by atoms with Crippen LogP contribution in [0.15, 0.2) is 109 Å². The van der Waals surface area contributed by atoms with Gasteiger partial charge in [0.2, 0.25) is 0 Å². The Bertz CT molecular complexity index is 3300. The van der Waals surface area contributed by atoms with Crippen molar-refractivity contribution in [3.8, 4) is 34.5 Å². The van der Waals surface area contributed by atoms with Crippen molar-refractivity contribution in [1.29, 1.82) is 0 Å². The molecular formula is C57H39Cl3F9N3O12. The molecule has 15 nitrogen and oxygen atoms in total. The Morgan fingerprint density at radius 2 is 0.643 bits per heavy atom. The molecule has 1 unspecified atom stereocenters. The predicted octanol–water partition coefficient (Wildman–Crippen LogP) is 14.4. The number of alkyl carbamates (subject to hydrolysis) is 3. The van der Waals surface area contributed by atoms with E-state index >= 15 is 0 Å². The van der Waals surface area contributed by atoms with Crippen LogP contribution in [0.3, 0.4) is 0 Å². The van der Waals surface area contributed by atoms with Gasteiger partial charge in [-0.25, -0.2) is 14.4 Å². The van der Waals surface area contributed by atoms with Crippen molar-refractivity contribution in [2.24, 2.45) is 0 Å². The average Bonchev–Trinajstić information content (AvgIpc) is 3.34. The quantitative estimate of drug-likeness (QED) is 0.0917. The summed E-state index contributed by atoms with van der Waals surface area (Å²) in [6, 6.07) is 24.1. The van der Waals surface area contributed by atoms with Gasteiger partial charge in [-0.05, 0) is 163 Å². The lowest BCUT2D eigenvalue weighted by Crippen LogP contribution is -2.28. The van der Waals surface area contributed by atoms with Crippen LogP contribution in [0.1, 0.15) is 87.1 Å². The van der Waals surface area contributed by atoms with Crippen molar-refractivity contribution in [2.75, 3.05) is 0 Å². The fourth-order valence-electron chi connectivity index (χ4n) is 10.6. The standard InChI is InChI=1S/3C19H13ClF3NO4/c3*20-14-8-10(19(21,22)23)2-6-15(14)27-11-3-5-12-9(7-11)1-4-13(12)16-17(25)24-18(26)28-16/h3*2-3,5-8,13,16H,1,4H2,(H,24,25,26)/t13-,16?;13-,16+;13-,16-/m111/s1. The number of rotatable bonds is 9. The molecule has 6 amide bonds. The maximum atomic E-state index is 12.7. The van der Waals surface area contributed by atoms with Crippen LogP contribution in [0.5, 0.6) is 34.5 Å². The molecule has 6 aromatic carbocycles. The number of nitrogens with one attached hydrogen (secondary N) is 3. The van der Waals surface area contributed by atoms with Gasteiger partial charge < -0.3 is 28.4 Å². The number of hydrogen-bond donors (Lipinski definition) is 3. The SMILES string of the molecule is O=C1NC(=O)C([C@@H]2CCc3cc(Oc4ccc(C(F)(F)F)cc4Cl)ccc32)O1.O=C1NC(=O)[C@@H]([C@@H]2CCc3cc(Oc4ccc(C(F)(F)F)cc4Cl)ccc32)O1.O=C1NC(=O)[C@H]([C@@H]2CCc3cc(Oc4ccc(C(F)(F)F)cc4Cl)ccc32)O1. The third-order valence-electron chi connectivity index (χ3n) is 14.4. The Morgan fingerprint density at radius 1 is 0.381 bits per heavy atom. The molecule has 0 saturated carbocycles. The minimum Gasteiger partial charge on any atom is -0.456 e. The maximum absolute atomic E-state index is 12.7. The number of halogens is 12. The summed E-state index contributed by atoms with van der Waals surface area (Å²) in [5.74, 6) is -0.564. The molecule has 3 heterocycles. The maximum Gasteiger partial charge on any atom is 0.416 e. The van der Waals surface area contributed by atoms with E-state index in [2.05, 4.69) is 16.0 Å². The lowest BCUT2D eigenvalue weighted by atomic mass is 9.95. The number of carbonyl (C=O) groups excluding carboxylic acids is 6. The molecule has 27 heteroatoms. The normalized spacial score (nSPS) is 21.3. The van der Waals surface area contributed by atoms with E-state index in [1.54, 1.807) is 54.6 Å². The van der Waals surface area contributed by atoms with Gasteiger partial charge in [-0.1, -0.05) is 53.0 Å². The Hall–Kier alpha value is -8.22. The van der Waals surface area contributed by atoms with Gasteiger partial charge in [0.15, 0.2) is 18.3 Å². The molecular weight excluding hydrogens is 1200 g/mol. The van der Waals surface area contributed by atoms with Gasteiger partial charge in [0.25, 0.3) is 17.7 Å². The molecule has 3 N–H and O–H groups in total. The number of aryl methyl sites for hydroxylation is 3. The fraction of sp³-hybridized carbons (Fsp3) is 0.263. The second-order valence-electron chi connectivity index (χ2n) is 19.7. The number of carbonyl (C=O) groups is 6. The van der Waals surface area contributed by atoms with Crippen LogP contribution in [0.2, 0.25) is 15.1 Å². The molecule has 6 aliphatic rings. The van der Waals surface area contributed by atoms with E-state index in [1.807, 2.05) is 0 Å². The number of alkyl halides is 9. The van der Waals surface area contributed by atoms with Crippen LogP contribution < -0.4 is 30.2 Å². The van der Waals surface area contributed by atoms with Crippen LogP contribution >= 0.6 is 34.8 Å². The van der Waals surface area contributed by atoms with E-state index in [4.69, 9.17) is 63.2 Å². The molecule has 6 atom stereocenters. The topological polar surface area (TPSA) is 194 Å². The first kappa shape index (κ1) is 59.0. The van der Waals surface area contributed by atoms with Crippen molar-refractivity contribution in [2.45, 2.75) is 93.1 Å². The molecule has 3 saturated heterocycles. The summed E-state index contributed by atoms with van der Waals surface area (Å²) in [6.07, 6.45) is -14.4. The molecule has 84 heavy (non-hydrogen) atoms. The summed E-state index contributed by atoms with van der Waals surface area (Å²) in [6.45, 7) is 0. The Balaban J connectivity index is 0.000000140. The van der Waals surface area contributed by atoms with Gasteiger partial charge in [0.05, 0.1) is 31.8 Å². The smallest absolute Gasteiger partial charge is 0.416 e. The summed E-state index contributed by atoms with van der Waals surface area (Å²) in [7, 11) is 0. The number of benzene rings is 6. The van der Waals surface area contributed by atoms with E-state index in [0.717, 1.165) is 69.8 Å². The van der Waals surface area contributed by atoms with Gasteiger partial charge in [0.1, 0.15) is 34.5 Å². The van der Waals surface area contributed by atoms with Gasteiger partial charge in [0, 0.05) is 17.8 Å². The molecule has 0 bridgehead atoms. The van der Waals surface area contributed by atoms with Crippen LogP contribution in [-0.4, -0.2) is 54.3 Å². The lowest BCUT2D eigenvalue weighted by molar-refractivity contribution is -0.138. The van der Waals surface area contributed by atoms with Crippen LogP contribution in [0, 0.1) is 0 Å². The van der Waals surface area contributed by atoms with Crippen molar-refractivity contribution >= 4 is 70.8 Å². The summed E-state index contributed by atoms with van der Waals surface area (Å²) >= 11 is 17.8. The summed E-state index contributed by atoms with van der Waals surface area (Å²) in [5.41, 5.74) is 2.81. The van der Waals surface area contributed by atoms with E-state index in [1.165, 1.54) is 18.2 Å². The first-order valence-corrected chi connectivity index (χ1v) is 26.4. The monoisotopic (exact) mass is 1230 g/mol. The zero-order valence-electron chi connectivity index (χ0n) is 42.5. The molecule has 438 valence electrons. The van der Waals surface area contributed by atoms with Gasteiger partial charge in [-0.2, -0.15) is 39.5 Å². The molecule has 6 aromatic rings. The Kier molecular flexibility index (Phi) is 16.2. The summed E-state index contributed by atoms with van der Waals surface area (Å²) in [5, 5.41) is 5.91. The van der Waals surface area contributed by atoms with Crippen molar-refractivity contribution in [3.05, 3.63) is 174 Å². The number of ether oxygens (including phenoxy) is 6. The van der Waals surface area contributed by atoms with Gasteiger partial charge in [-0.3, -0.25) is 30.3 Å². The van der Waals surface area contributed by atoms with Crippen LogP contribution in [-0.2, 0) is 66.4 Å². The van der Waals surface area contributed by atoms with Crippen molar-refractivity contribution in [1.82, 2.24) is 16.0 Å². The summed E-state index contributed by atoms with van der Waals surface area (Å²) in [4.78, 5) is 69.3. The predicted molar refractivity (Wildman–Crippen MR) is 277 cm³/mol. The second-order valence-corrected chi connectivity index (χ2v) is 20.9. The third kappa shape index (κ3) is 12.8. The van der Waals surface area contributed by atoms with Crippen LogP contribution in [0.25, 0.3) is 0 Å². The zero-order chi connectivity index (χ0) is 60.2. The number of fused-ring (bicyclic) bond motifs is 3. The molecule has 12 rings (SSSR count). The Morgan fingerprint density at radius 3 is 0.857 bits per heavy atom. The number of imide groups is 3. The largest absolute Gasteiger partial charge is 0.456 e. The zero-order valence-corrected chi connectivity index (χ0v) is 44.8. The Labute approximate surface area is 483 Å². The molecule has 0 radical (unpaired) electrons. The second kappa shape index (κ2) is 23.1. The van der Waals surface area contributed by atoms with Crippen LogP contribution in [0.4, 0.5) is 53.9 Å². The highest BCUT2D eigenvalue weighted by atomic mass is 35.5. The molecule has 3 aliphatic carbocycles. The van der Waals surface area contributed by atoms with Gasteiger partial charge >= 0.3 is 36.8 Å². The third-order valence-corrected chi connectivity index (χ3v) is 15.3. The van der Waals surface area contributed by atoms with E-state index in [0.29, 0.717) is 55.8 Å². The highest BCUT2D eigenvalue weighted by molar-refractivity contribution is 6.32. The number of hydrogen-bond acceptors (Lipinski definition) is 12. The molecule has 3 fully saturated rings. The van der Waals surface area contributed by atoms with Gasteiger partial charge in [-0.15, -0.1) is 0 Å². The molecule has 0 aromatic heterocycles. The average molecular weight is 1240 g/mol. The van der Waals surface area contributed by atoms with E-state index < -0.39 is 89.5 Å². The van der Waals surface area contributed by atoms with E-state index in [9.17, 15) is 68.3 Å². The number of amides is 6. The highest BCUT2D eigenvalue weighted by Gasteiger charge is 2.45. The minimum atomic E-state index is -4.49. The fourth-order valence-corrected chi connectivity index (χ4v) is 11.2. The first-order valence-electron chi connectivity index (χ1n) is 25.2. The van der Waals surface area contributed by atoms with Crippen molar-refractivity contribution < 1.29 is 96.7 Å². The minimum absolute atomic E-state index is 0.105. The first-order chi connectivity index (χ1) is 39.7. The molecule has 0 spiro atoms. The molecule has 3 aliphatic heterocycles. The summed E-state index contributed by atoms with van der Waals surface area (Å²) < 4.78 is 147. The lowest BCUT2D eigenvalue weighted by Gasteiger charge is -2.16. The highest BCUT2D eigenvalue weighted by Crippen LogP contribution is 2.46. The van der Waals surface area contributed by atoms with Crippen molar-refractivity contribution in [3.63, 3.8) is 0 Å². The van der Waals surface area contributed by atoms with E-state index in [-0.39, 0.29) is 50.1 Å². The number of cyclic esters (lactones) is 3.